The molecule has 3 aromatic rings. The Labute approximate surface area is 207 Å². The Balaban J connectivity index is 1.53. The maximum absolute atomic E-state index is 13.2. The van der Waals surface area contributed by atoms with Gasteiger partial charge < -0.3 is 20.7 Å². The number of benzene rings is 3. The second-order valence-corrected chi connectivity index (χ2v) is 8.88. The molecule has 1 aliphatic heterocycles. The lowest BCUT2D eigenvalue weighted by Crippen LogP contribution is -2.41. The fraction of sp³-hybridized carbons (Fsp3) is 0.185. The molecule has 174 valence electrons. The van der Waals surface area contributed by atoms with Crippen LogP contribution in [0.15, 0.2) is 83.0 Å². The number of nitrogens with one attached hydrogen (secondary N) is 3. The van der Waals surface area contributed by atoms with Crippen molar-refractivity contribution in [3.05, 3.63) is 105 Å². The van der Waals surface area contributed by atoms with Gasteiger partial charge in [-0.25, -0.2) is 0 Å². The van der Waals surface area contributed by atoms with Gasteiger partial charge in [0.15, 0.2) is 0 Å². The molecule has 6 nitrogen and oxygen atoms in total. The van der Waals surface area contributed by atoms with Crippen LogP contribution >= 0.6 is 15.9 Å². The summed E-state index contributed by atoms with van der Waals surface area (Å²) < 4.78 is 5.99. The molecule has 0 aromatic heterocycles. The average Bonchev–Trinajstić information content (AvgIpc) is 2.87. The summed E-state index contributed by atoms with van der Waals surface area (Å²) in [5.41, 5.74) is 3.86. The molecule has 0 spiro atoms. The van der Waals surface area contributed by atoms with Crippen molar-refractivity contribution >= 4 is 33.8 Å². The van der Waals surface area contributed by atoms with Crippen LogP contribution in [0.3, 0.4) is 0 Å². The van der Waals surface area contributed by atoms with E-state index in [1.54, 1.807) is 43.5 Å². The Hall–Kier alpha value is -3.42. The lowest BCUT2D eigenvalue weighted by Gasteiger charge is -2.27. The van der Waals surface area contributed by atoms with E-state index in [0.29, 0.717) is 17.9 Å². The zero-order chi connectivity index (χ0) is 23.9. The molecule has 1 atom stereocenters. The van der Waals surface area contributed by atoms with Gasteiger partial charge in [0.2, 0.25) is 0 Å². The molecule has 1 unspecified atom stereocenters. The number of carbonyl (C=O) groups is 2. The number of amides is 2. The van der Waals surface area contributed by atoms with Crippen LogP contribution in [0.4, 0.5) is 0 Å². The van der Waals surface area contributed by atoms with Crippen LogP contribution in [0.25, 0.3) is 6.08 Å². The normalized spacial score (nSPS) is 15.2. The number of rotatable bonds is 7. The van der Waals surface area contributed by atoms with Gasteiger partial charge in [-0.1, -0.05) is 58.4 Å². The third-order valence-corrected chi connectivity index (χ3v) is 6.18. The first-order chi connectivity index (χ1) is 16.5. The van der Waals surface area contributed by atoms with E-state index in [1.165, 1.54) is 11.1 Å². The highest BCUT2D eigenvalue weighted by Crippen LogP contribution is 2.22. The summed E-state index contributed by atoms with van der Waals surface area (Å²) in [6.45, 7) is 1.26. The average molecular weight is 520 g/mol. The van der Waals surface area contributed by atoms with E-state index in [2.05, 4.69) is 44.0 Å². The number of fused-ring (bicyclic) bond motifs is 1. The lowest BCUT2D eigenvalue weighted by atomic mass is 9.94. The fourth-order valence-electron chi connectivity index (χ4n) is 3.91. The molecule has 0 saturated carbocycles. The van der Waals surface area contributed by atoms with Crippen molar-refractivity contribution in [2.24, 2.45) is 0 Å². The van der Waals surface area contributed by atoms with Gasteiger partial charge in [0, 0.05) is 22.6 Å². The van der Waals surface area contributed by atoms with E-state index in [9.17, 15) is 9.59 Å². The van der Waals surface area contributed by atoms with Crippen LogP contribution in [0.2, 0.25) is 0 Å². The monoisotopic (exact) mass is 519 g/mol. The van der Waals surface area contributed by atoms with Crippen molar-refractivity contribution in [3.8, 4) is 5.75 Å². The molecule has 0 saturated heterocycles. The molecule has 1 aliphatic rings. The minimum Gasteiger partial charge on any atom is -0.497 e. The van der Waals surface area contributed by atoms with Crippen molar-refractivity contribution in [3.63, 3.8) is 0 Å². The molecular weight excluding hydrogens is 494 g/mol. The smallest absolute Gasteiger partial charge is 0.267 e. The summed E-state index contributed by atoms with van der Waals surface area (Å²) in [7, 11) is 1.60. The molecule has 0 aliphatic carbocycles. The van der Waals surface area contributed by atoms with Crippen LogP contribution in [-0.2, 0) is 11.2 Å². The highest BCUT2D eigenvalue weighted by Gasteiger charge is 2.21. The van der Waals surface area contributed by atoms with Gasteiger partial charge in [0.25, 0.3) is 11.8 Å². The van der Waals surface area contributed by atoms with Gasteiger partial charge in [-0.3, -0.25) is 9.59 Å². The van der Waals surface area contributed by atoms with Gasteiger partial charge in [-0.05, 0) is 66.1 Å². The van der Waals surface area contributed by atoms with Gasteiger partial charge in [-0.2, -0.15) is 0 Å². The molecule has 0 radical (unpaired) electrons. The minimum absolute atomic E-state index is 0.0110. The Morgan fingerprint density at radius 2 is 1.88 bits per heavy atom. The van der Waals surface area contributed by atoms with E-state index in [0.717, 1.165) is 23.0 Å². The molecule has 1 heterocycles. The Morgan fingerprint density at radius 3 is 2.65 bits per heavy atom. The predicted molar refractivity (Wildman–Crippen MR) is 136 cm³/mol. The fourth-order valence-corrected chi connectivity index (χ4v) is 4.31. The molecule has 2 amide bonds. The summed E-state index contributed by atoms with van der Waals surface area (Å²) in [6, 6.07) is 22.6. The quantitative estimate of drug-likeness (QED) is 0.408. The summed E-state index contributed by atoms with van der Waals surface area (Å²) in [5.74, 6) is -0.00951. The number of carbonyl (C=O) groups excluding carboxylic acids is 2. The van der Waals surface area contributed by atoms with Crippen molar-refractivity contribution in [1.29, 1.82) is 0 Å². The minimum atomic E-state index is -0.364. The first kappa shape index (κ1) is 23.7. The zero-order valence-corrected chi connectivity index (χ0v) is 20.4. The Bertz CT molecular complexity index is 1210. The van der Waals surface area contributed by atoms with Crippen LogP contribution < -0.4 is 20.7 Å². The second kappa shape index (κ2) is 11.1. The summed E-state index contributed by atoms with van der Waals surface area (Å²) in [6.07, 6.45) is 2.62. The largest absolute Gasteiger partial charge is 0.497 e. The molecule has 34 heavy (non-hydrogen) atoms. The zero-order valence-electron chi connectivity index (χ0n) is 18.8. The van der Waals surface area contributed by atoms with Crippen molar-refractivity contribution in [2.75, 3.05) is 20.2 Å². The summed E-state index contributed by atoms with van der Waals surface area (Å²) >= 11 is 3.38. The van der Waals surface area contributed by atoms with Crippen molar-refractivity contribution in [2.45, 2.75) is 12.5 Å². The standard InChI is InChI=1S/C27H26BrN3O3/c1-34-22-11-9-18(10-12-22)15-24(31-26(32)20-6-4-7-21(28)16-20)27(33)30-17-25-23-8-3-2-5-19(23)13-14-29-25/h2-12,15-16,25,29H,13-14,17H2,1H3,(H,30,33)(H,31,32). The summed E-state index contributed by atoms with van der Waals surface area (Å²) in [4.78, 5) is 26.1. The Morgan fingerprint density at radius 1 is 1.09 bits per heavy atom. The first-order valence-corrected chi connectivity index (χ1v) is 11.8. The topological polar surface area (TPSA) is 79.5 Å². The maximum Gasteiger partial charge on any atom is 0.267 e. The van der Waals surface area contributed by atoms with E-state index in [-0.39, 0.29) is 23.6 Å². The highest BCUT2D eigenvalue weighted by molar-refractivity contribution is 9.10. The number of hydrogen-bond acceptors (Lipinski definition) is 4. The third-order valence-electron chi connectivity index (χ3n) is 5.69. The highest BCUT2D eigenvalue weighted by atomic mass is 79.9. The van der Waals surface area contributed by atoms with E-state index in [4.69, 9.17) is 4.74 Å². The lowest BCUT2D eigenvalue weighted by molar-refractivity contribution is -0.117. The maximum atomic E-state index is 13.2. The molecule has 3 aromatic carbocycles. The van der Waals surface area contributed by atoms with Gasteiger partial charge in [0.1, 0.15) is 11.4 Å². The number of ether oxygens (including phenoxy) is 1. The number of halogens is 1. The molecule has 4 rings (SSSR count). The van der Waals surface area contributed by atoms with E-state index in [1.807, 2.05) is 30.3 Å². The van der Waals surface area contributed by atoms with E-state index >= 15 is 0 Å². The number of methoxy groups -OCH3 is 1. The molecule has 0 bridgehead atoms. The number of hydrogen-bond donors (Lipinski definition) is 3. The van der Waals surface area contributed by atoms with E-state index < -0.39 is 0 Å². The van der Waals surface area contributed by atoms with Crippen molar-refractivity contribution < 1.29 is 14.3 Å². The first-order valence-electron chi connectivity index (χ1n) is 11.1. The molecular formula is C27H26BrN3O3. The van der Waals surface area contributed by atoms with Crippen LogP contribution in [0, 0.1) is 0 Å². The van der Waals surface area contributed by atoms with Gasteiger partial charge in [-0.15, -0.1) is 0 Å². The second-order valence-electron chi connectivity index (χ2n) is 7.96. The molecule has 7 heteroatoms. The van der Waals surface area contributed by atoms with Gasteiger partial charge >= 0.3 is 0 Å². The van der Waals surface area contributed by atoms with Crippen LogP contribution in [0.5, 0.6) is 5.75 Å². The van der Waals surface area contributed by atoms with Crippen molar-refractivity contribution in [1.82, 2.24) is 16.0 Å². The Kier molecular flexibility index (Phi) is 7.77. The predicted octanol–water partition coefficient (Wildman–Crippen LogP) is 4.23. The third kappa shape index (κ3) is 5.92. The molecule has 0 fully saturated rings. The SMILES string of the molecule is COc1ccc(C=C(NC(=O)c2cccc(Br)c2)C(=O)NCC2NCCc3ccccc32)cc1. The van der Waals surface area contributed by atoms with Gasteiger partial charge in [0.05, 0.1) is 7.11 Å². The van der Waals surface area contributed by atoms with Crippen LogP contribution in [0.1, 0.15) is 33.1 Å². The summed E-state index contributed by atoms with van der Waals surface area (Å²) in [5, 5.41) is 9.23. The van der Waals surface area contributed by atoms with Crippen LogP contribution in [-0.4, -0.2) is 32.0 Å². The molecule has 3 N–H and O–H groups in total.